The summed E-state index contributed by atoms with van der Waals surface area (Å²) in [6.45, 7) is 5.02. The van der Waals surface area contributed by atoms with Crippen LogP contribution in [0.15, 0.2) is 18.6 Å². The molecule has 0 radical (unpaired) electrons. The van der Waals surface area contributed by atoms with E-state index in [4.69, 9.17) is 0 Å². The van der Waals surface area contributed by atoms with Crippen molar-refractivity contribution in [2.75, 3.05) is 38.0 Å². The van der Waals surface area contributed by atoms with Gasteiger partial charge in [0.25, 0.3) is 0 Å². The van der Waals surface area contributed by atoms with Crippen molar-refractivity contribution in [3.8, 4) is 0 Å². The fourth-order valence-electron chi connectivity index (χ4n) is 3.42. The predicted octanol–water partition coefficient (Wildman–Crippen LogP) is 1.76. The highest BCUT2D eigenvalue weighted by atomic mass is 16.2. The molecule has 2 fully saturated rings. The zero-order valence-corrected chi connectivity index (χ0v) is 13.8. The molecule has 0 spiro atoms. The Morgan fingerprint density at radius 1 is 1.13 bits per heavy atom. The fraction of sp³-hybridized carbons (Fsp3) is 0.706. The summed E-state index contributed by atoms with van der Waals surface area (Å²) in [6.07, 6.45) is 9.76. The van der Waals surface area contributed by atoms with Crippen LogP contribution in [-0.4, -0.2) is 64.4 Å². The molecule has 1 aromatic rings. The minimum Gasteiger partial charge on any atom is -0.367 e. The lowest BCUT2D eigenvalue weighted by Gasteiger charge is -2.34. The molecule has 23 heavy (non-hydrogen) atoms. The Morgan fingerprint density at radius 3 is 2.78 bits per heavy atom. The van der Waals surface area contributed by atoms with Gasteiger partial charge in [-0.05, 0) is 31.7 Å². The highest BCUT2D eigenvalue weighted by molar-refractivity contribution is 5.76. The molecule has 0 aromatic carbocycles. The Labute approximate surface area is 138 Å². The van der Waals surface area contributed by atoms with E-state index < -0.39 is 0 Å². The van der Waals surface area contributed by atoms with E-state index >= 15 is 0 Å². The smallest absolute Gasteiger partial charge is 0.222 e. The quantitative estimate of drug-likeness (QED) is 0.896. The normalized spacial score (nSPS) is 21.2. The Kier molecular flexibility index (Phi) is 5.80. The largest absolute Gasteiger partial charge is 0.367 e. The van der Waals surface area contributed by atoms with Gasteiger partial charge in [0.05, 0.1) is 0 Å². The molecule has 2 aliphatic rings. The number of carbonyl (C=O) groups is 1. The predicted molar refractivity (Wildman–Crippen MR) is 90.2 cm³/mol. The van der Waals surface area contributed by atoms with Gasteiger partial charge in [-0.25, -0.2) is 9.97 Å². The summed E-state index contributed by atoms with van der Waals surface area (Å²) in [7, 11) is 0. The first-order chi connectivity index (χ1) is 11.3. The molecule has 2 saturated heterocycles. The van der Waals surface area contributed by atoms with Gasteiger partial charge in [-0.2, -0.15) is 0 Å². The summed E-state index contributed by atoms with van der Waals surface area (Å²) >= 11 is 0. The van der Waals surface area contributed by atoms with Crippen molar-refractivity contribution in [3.63, 3.8) is 0 Å². The van der Waals surface area contributed by atoms with Gasteiger partial charge in [0, 0.05) is 51.4 Å². The molecule has 126 valence electrons. The van der Waals surface area contributed by atoms with Gasteiger partial charge in [0.15, 0.2) is 0 Å². The van der Waals surface area contributed by atoms with E-state index in [0.29, 0.717) is 11.9 Å². The van der Waals surface area contributed by atoms with Crippen LogP contribution < -0.4 is 5.32 Å². The topological polar surface area (TPSA) is 61.4 Å². The minimum absolute atomic E-state index is 0.350. The van der Waals surface area contributed by atoms with E-state index in [9.17, 15) is 4.79 Å². The molecule has 1 N–H and O–H groups in total. The summed E-state index contributed by atoms with van der Waals surface area (Å²) in [5.41, 5.74) is 0. The zero-order chi connectivity index (χ0) is 15.9. The molecule has 1 aromatic heterocycles. The summed E-state index contributed by atoms with van der Waals surface area (Å²) < 4.78 is 0. The van der Waals surface area contributed by atoms with Crippen molar-refractivity contribution in [1.29, 1.82) is 0 Å². The minimum atomic E-state index is 0.350. The Hall–Kier alpha value is -1.69. The number of nitrogens with zero attached hydrogens (tertiary/aromatic N) is 4. The number of hydrogen-bond donors (Lipinski definition) is 1. The van der Waals surface area contributed by atoms with Gasteiger partial charge in [-0.1, -0.05) is 6.42 Å². The summed E-state index contributed by atoms with van der Waals surface area (Å²) in [5, 5.41) is 3.48. The lowest BCUT2D eigenvalue weighted by atomic mass is 10.1. The number of amides is 1. The molecule has 0 aliphatic carbocycles. The average molecular weight is 317 g/mol. The maximum atomic E-state index is 12.0. The third kappa shape index (κ3) is 4.89. The SMILES string of the molecule is O=C1CCCCCN1CCN1CCC(Nc2ccncn2)CC1. The van der Waals surface area contributed by atoms with Crippen LogP contribution in [0.5, 0.6) is 0 Å². The maximum absolute atomic E-state index is 12.0. The molecule has 1 amide bonds. The molecule has 3 rings (SSSR count). The van der Waals surface area contributed by atoms with Gasteiger partial charge < -0.3 is 15.1 Å². The van der Waals surface area contributed by atoms with Crippen LogP contribution in [0.4, 0.5) is 5.82 Å². The van der Waals surface area contributed by atoms with Gasteiger partial charge in [-0.15, -0.1) is 0 Å². The van der Waals surface area contributed by atoms with Crippen molar-refractivity contribution < 1.29 is 4.79 Å². The van der Waals surface area contributed by atoms with Crippen molar-refractivity contribution >= 4 is 11.7 Å². The first-order valence-corrected chi connectivity index (χ1v) is 8.84. The van der Waals surface area contributed by atoms with E-state index in [1.54, 1.807) is 12.5 Å². The molecule has 0 bridgehead atoms. The van der Waals surface area contributed by atoms with Crippen molar-refractivity contribution in [2.24, 2.45) is 0 Å². The number of aromatic nitrogens is 2. The zero-order valence-electron chi connectivity index (χ0n) is 13.8. The number of hydrogen-bond acceptors (Lipinski definition) is 5. The van der Waals surface area contributed by atoms with Gasteiger partial charge in [-0.3, -0.25) is 4.79 Å². The maximum Gasteiger partial charge on any atom is 0.222 e. The molecule has 6 heteroatoms. The van der Waals surface area contributed by atoms with Crippen LogP contribution in [0.1, 0.15) is 38.5 Å². The van der Waals surface area contributed by atoms with Crippen LogP contribution >= 0.6 is 0 Å². The van der Waals surface area contributed by atoms with Crippen molar-refractivity contribution in [2.45, 2.75) is 44.6 Å². The third-order valence-corrected chi connectivity index (χ3v) is 4.88. The van der Waals surface area contributed by atoms with E-state index in [1.165, 1.54) is 6.42 Å². The second-order valence-electron chi connectivity index (χ2n) is 6.55. The lowest BCUT2D eigenvalue weighted by molar-refractivity contribution is -0.130. The van der Waals surface area contributed by atoms with Gasteiger partial charge >= 0.3 is 0 Å². The standard InChI is InChI=1S/C17H27N5O/c23-17-4-2-1-3-9-22(17)13-12-21-10-6-15(7-11-21)20-16-5-8-18-14-19-16/h5,8,14-15H,1-4,6-7,9-13H2,(H,18,19,20). The molecule has 6 nitrogen and oxygen atoms in total. The highest BCUT2D eigenvalue weighted by Crippen LogP contribution is 2.15. The van der Waals surface area contributed by atoms with E-state index in [0.717, 1.165) is 70.6 Å². The summed E-state index contributed by atoms with van der Waals surface area (Å²) in [5.74, 6) is 1.26. The van der Waals surface area contributed by atoms with Crippen LogP contribution in [0, 0.1) is 0 Å². The van der Waals surface area contributed by atoms with Crippen molar-refractivity contribution in [3.05, 3.63) is 18.6 Å². The lowest BCUT2D eigenvalue weighted by Crippen LogP contribution is -2.44. The second kappa shape index (κ2) is 8.24. The number of anilines is 1. The van der Waals surface area contributed by atoms with Gasteiger partial charge in [0.2, 0.25) is 5.91 Å². The Bertz CT molecular complexity index is 487. The fourth-order valence-corrected chi connectivity index (χ4v) is 3.42. The van der Waals surface area contributed by atoms with Crippen LogP contribution in [0.2, 0.25) is 0 Å². The first-order valence-electron chi connectivity index (χ1n) is 8.84. The average Bonchev–Trinajstić information content (AvgIpc) is 2.79. The monoisotopic (exact) mass is 317 g/mol. The highest BCUT2D eigenvalue weighted by Gasteiger charge is 2.21. The molecule has 0 saturated carbocycles. The summed E-state index contributed by atoms with van der Waals surface area (Å²) in [6, 6.07) is 2.40. The number of carbonyl (C=O) groups excluding carboxylic acids is 1. The number of likely N-dealkylation sites (tertiary alicyclic amines) is 2. The molecule has 2 aliphatic heterocycles. The molecule has 0 unspecified atom stereocenters. The number of rotatable bonds is 5. The van der Waals surface area contributed by atoms with E-state index in [2.05, 4.69) is 25.1 Å². The second-order valence-corrected chi connectivity index (χ2v) is 6.55. The number of piperidine rings is 1. The van der Waals surface area contributed by atoms with E-state index in [1.807, 2.05) is 6.07 Å². The van der Waals surface area contributed by atoms with E-state index in [-0.39, 0.29) is 0 Å². The molecular weight excluding hydrogens is 290 g/mol. The summed E-state index contributed by atoms with van der Waals surface area (Å²) in [4.78, 5) is 24.7. The van der Waals surface area contributed by atoms with Gasteiger partial charge in [0.1, 0.15) is 12.1 Å². The molecule has 0 atom stereocenters. The van der Waals surface area contributed by atoms with Crippen LogP contribution in [0.3, 0.4) is 0 Å². The first kappa shape index (κ1) is 16.2. The third-order valence-electron chi connectivity index (χ3n) is 4.88. The molecular formula is C17H27N5O. The molecule has 3 heterocycles. The van der Waals surface area contributed by atoms with Crippen LogP contribution in [-0.2, 0) is 4.79 Å². The number of nitrogens with one attached hydrogen (secondary N) is 1. The Balaban J connectivity index is 1.38. The van der Waals surface area contributed by atoms with Crippen molar-refractivity contribution in [1.82, 2.24) is 19.8 Å². The Morgan fingerprint density at radius 2 is 2.00 bits per heavy atom. The van der Waals surface area contributed by atoms with Crippen LogP contribution in [0.25, 0.3) is 0 Å².